The first kappa shape index (κ1) is 13.3. The largest absolute Gasteiger partial charge is 0.379 e. The zero-order valence-electron chi connectivity index (χ0n) is 11.8. The summed E-state index contributed by atoms with van der Waals surface area (Å²) in [6, 6.07) is 1.28. The molecule has 2 heterocycles. The molecule has 5 atom stereocenters. The van der Waals surface area contributed by atoms with Crippen molar-refractivity contribution in [2.24, 2.45) is 17.8 Å². The lowest BCUT2D eigenvalue weighted by atomic mass is 9.85. The Bertz CT molecular complexity index is 246. The van der Waals surface area contributed by atoms with Crippen molar-refractivity contribution >= 4 is 0 Å². The Morgan fingerprint density at radius 1 is 1.24 bits per heavy atom. The van der Waals surface area contributed by atoms with Crippen LogP contribution in [0.25, 0.3) is 0 Å². The van der Waals surface area contributed by atoms with Crippen molar-refractivity contribution in [2.45, 2.75) is 39.3 Å². The molecule has 5 unspecified atom stereocenters. The Morgan fingerprint density at radius 3 is 2.71 bits per heavy atom. The third kappa shape index (κ3) is 3.01. The second kappa shape index (κ2) is 5.68. The Kier molecular flexibility index (Phi) is 4.45. The average molecular weight is 240 g/mol. The normalized spacial score (nSPS) is 44.1. The highest BCUT2D eigenvalue weighted by molar-refractivity contribution is 4.88. The standard InChI is InChI=1S/C14H28N2O/c1-10-5-11(2)12(3)16(6-10)7-13-8-17-9-14(13)15-4/h10-15H,5-9H2,1-4H3. The fourth-order valence-corrected chi connectivity index (χ4v) is 3.47. The maximum atomic E-state index is 5.60. The summed E-state index contributed by atoms with van der Waals surface area (Å²) in [6.07, 6.45) is 1.38. The fraction of sp³-hybridized carbons (Fsp3) is 1.00. The molecule has 0 radical (unpaired) electrons. The molecule has 1 N–H and O–H groups in total. The Hall–Kier alpha value is -0.120. The van der Waals surface area contributed by atoms with E-state index in [1.54, 1.807) is 0 Å². The van der Waals surface area contributed by atoms with Gasteiger partial charge in [0.05, 0.1) is 13.2 Å². The second-order valence-corrected chi connectivity index (χ2v) is 6.21. The maximum Gasteiger partial charge on any atom is 0.0623 e. The van der Waals surface area contributed by atoms with Gasteiger partial charge in [-0.1, -0.05) is 13.8 Å². The van der Waals surface area contributed by atoms with Crippen LogP contribution in [0.2, 0.25) is 0 Å². The number of rotatable bonds is 3. The lowest BCUT2D eigenvalue weighted by Crippen LogP contribution is -2.50. The van der Waals surface area contributed by atoms with Crippen molar-refractivity contribution in [1.29, 1.82) is 0 Å². The summed E-state index contributed by atoms with van der Waals surface area (Å²) >= 11 is 0. The fourth-order valence-electron chi connectivity index (χ4n) is 3.47. The quantitative estimate of drug-likeness (QED) is 0.811. The van der Waals surface area contributed by atoms with Crippen LogP contribution in [0.4, 0.5) is 0 Å². The first-order valence-electron chi connectivity index (χ1n) is 7.10. The number of nitrogens with one attached hydrogen (secondary N) is 1. The molecule has 0 spiro atoms. The summed E-state index contributed by atoms with van der Waals surface area (Å²) in [5, 5.41) is 3.39. The predicted octanol–water partition coefficient (Wildman–Crippen LogP) is 1.59. The molecule has 0 aromatic heterocycles. The molecule has 0 amide bonds. The molecule has 2 rings (SSSR count). The molecule has 3 heteroatoms. The van der Waals surface area contributed by atoms with Crippen LogP contribution in [-0.4, -0.2) is 50.3 Å². The van der Waals surface area contributed by atoms with Crippen molar-refractivity contribution < 1.29 is 4.74 Å². The van der Waals surface area contributed by atoms with E-state index in [1.807, 2.05) is 0 Å². The summed E-state index contributed by atoms with van der Waals surface area (Å²) in [4.78, 5) is 2.68. The second-order valence-electron chi connectivity index (χ2n) is 6.21. The summed E-state index contributed by atoms with van der Waals surface area (Å²) < 4.78 is 5.60. The molecule has 0 bridgehead atoms. The van der Waals surface area contributed by atoms with E-state index in [9.17, 15) is 0 Å². The van der Waals surface area contributed by atoms with E-state index < -0.39 is 0 Å². The van der Waals surface area contributed by atoms with Gasteiger partial charge in [-0.15, -0.1) is 0 Å². The van der Waals surface area contributed by atoms with Gasteiger partial charge in [0.2, 0.25) is 0 Å². The highest BCUT2D eigenvalue weighted by atomic mass is 16.5. The van der Waals surface area contributed by atoms with Crippen molar-refractivity contribution in [2.75, 3.05) is 33.4 Å². The van der Waals surface area contributed by atoms with Crippen LogP contribution in [0, 0.1) is 17.8 Å². The first-order valence-corrected chi connectivity index (χ1v) is 7.10. The summed E-state index contributed by atoms with van der Waals surface area (Å²) in [5.74, 6) is 2.34. The molecule has 0 aliphatic carbocycles. The minimum atomic E-state index is 0.551. The van der Waals surface area contributed by atoms with Crippen LogP contribution in [0.1, 0.15) is 27.2 Å². The number of piperidine rings is 1. The third-order valence-corrected chi connectivity index (χ3v) is 4.76. The average Bonchev–Trinajstić information content (AvgIpc) is 2.72. The number of likely N-dealkylation sites (tertiary alicyclic amines) is 1. The molecule has 17 heavy (non-hydrogen) atoms. The molecule has 0 saturated carbocycles. The van der Waals surface area contributed by atoms with Gasteiger partial charge in [0.1, 0.15) is 0 Å². The van der Waals surface area contributed by atoms with Gasteiger partial charge < -0.3 is 10.1 Å². The molecule has 2 fully saturated rings. The minimum absolute atomic E-state index is 0.551. The Balaban J connectivity index is 1.92. The molecule has 3 nitrogen and oxygen atoms in total. The number of likely N-dealkylation sites (N-methyl/N-ethyl adjacent to an activating group) is 1. The van der Waals surface area contributed by atoms with Crippen molar-refractivity contribution in [3.8, 4) is 0 Å². The van der Waals surface area contributed by atoms with Gasteiger partial charge >= 0.3 is 0 Å². The molecule has 0 aromatic rings. The van der Waals surface area contributed by atoms with E-state index in [0.717, 1.165) is 31.1 Å². The van der Waals surface area contributed by atoms with E-state index in [-0.39, 0.29) is 0 Å². The van der Waals surface area contributed by atoms with Crippen LogP contribution >= 0.6 is 0 Å². The third-order valence-electron chi connectivity index (χ3n) is 4.76. The topological polar surface area (TPSA) is 24.5 Å². The molecular weight excluding hydrogens is 212 g/mol. The van der Waals surface area contributed by atoms with E-state index in [4.69, 9.17) is 4.74 Å². The van der Waals surface area contributed by atoms with Crippen LogP contribution < -0.4 is 5.32 Å². The zero-order valence-corrected chi connectivity index (χ0v) is 11.8. The SMILES string of the molecule is CNC1COCC1CN1CC(C)CC(C)C1C. The highest BCUT2D eigenvalue weighted by Crippen LogP contribution is 2.28. The van der Waals surface area contributed by atoms with Gasteiger partial charge in [0.15, 0.2) is 0 Å². The summed E-state index contributed by atoms with van der Waals surface area (Å²) in [6.45, 7) is 11.4. The van der Waals surface area contributed by atoms with Gasteiger partial charge in [0.25, 0.3) is 0 Å². The van der Waals surface area contributed by atoms with E-state index in [1.165, 1.54) is 19.5 Å². The van der Waals surface area contributed by atoms with Crippen LogP contribution in [0.3, 0.4) is 0 Å². The van der Waals surface area contributed by atoms with Crippen molar-refractivity contribution in [1.82, 2.24) is 10.2 Å². The number of hydrogen-bond donors (Lipinski definition) is 1. The molecular formula is C14H28N2O. The first-order chi connectivity index (χ1) is 8.11. The molecule has 100 valence electrons. The van der Waals surface area contributed by atoms with Crippen LogP contribution in [0.5, 0.6) is 0 Å². The summed E-state index contributed by atoms with van der Waals surface area (Å²) in [7, 11) is 2.05. The molecule has 2 saturated heterocycles. The lowest BCUT2D eigenvalue weighted by molar-refractivity contribution is 0.0595. The molecule has 0 aromatic carbocycles. The van der Waals surface area contributed by atoms with Crippen molar-refractivity contribution in [3.05, 3.63) is 0 Å². The Morgan fingerprint density at radius 2 is 2.00 bits per heavy atom. The number of hydrogen-bond acceptors (Lipinski definition) is 3. The molecule has 2 aliphatic rings. The van der Waals surface area contributed by atoms with Gasteiger partial charge in [-0.25, -0.2) is 0 Å². The highest BCUT2D eigenvalue weighted by Gasteiger charge is 2.34. The summed E-state index contributed by atoms with van der Waals surface area (Å²) in [5.41, 5.74) is 0. The van der Waals surface area contributed by atoms with Gasteiger partial charge in [-0.3, -0.25) is 4.90 Å². The number of nitrogens with zero attached hydrogens (tertiary/aromatic N) is 1. The monoisotopic (exact) mass is 240 g/mol. The van der Waals surface area contributed by atoms with E-state index >= 15 is 0 Å². The Labute approximate surface area is 106 Å². The minimum Gasteiger partial charge on any atom is -0.379 e. The maximum absolute atomic E-state index is 5.60. The predicted molar refractivity (Wildman–Crippen MR) is 71.1 cm³/mol. The number of ether oxygens (including phenoxy) is 1. The van der Waals surface area contributed by atoms with E-state index in [2.05, 4.69) is 38.0 Å². The smallest absolute Gasteiger partial charge is 0.0623 e. The van der Waals surface area contributed by atoms with Gasteiger partial charge in [-0.05, 0) is 32.2 Å². The zero-order chi connectivity index (χ0) is 12.4. The van der Waals surface area contributed by atoms with Crippen LogP contribution in [-0.2, 0) is 4.74 Å². The lowest BCUT2D eigenvalue weighted by Gasteiger charge is -2.42. The van der Waals surface area contributed by atoms with Gasteiger partial charge in [-0.2, -0.15) is 0 Å². The van der Waals surface area contributed by atoms with Crippen LogP contribution in [0.15, 0.2) is 0 Å². The molecule has 2 aliphatic heterocycles. The van der Waals surface area contributed by atoms with E-state index in [0.29, 0.717) is 12.0 Å². The van der Waals surface area contributed by atoms with Gasteiger partial charge in [0, 0.05) is 31.1 Å². The van der Waals surface area contributed by atoms with Crippen molar-refractivity contribution in [3.63, 3.8) is 0 Å².